The van der Waals surface area contributed by atoms with E-state index in [0.29, 0.717) is 37.6 Å². The first-order chi connectivity index (χ1) is 11.1. The third-order valence-corrected chi connectivity index (χ3v) is 4.64. The van der Waals surface area contributed by atoms with Crippen LogP contribution in [0.15, 0.2) is 18.3 Å². The predicted octanol–water partition coefficient (Wildman–Crippen LogP) is 0.373. The van der Waals surface area contributed by atoms with Gasteiger partial charge in [-0.3, -0.25) is 9.59 Å². The zero-order valence-corrected chi connectivity index (χ0v) is 13.3. The number of pyridine rings is 1. The van der Waals surface area contributed by atoms with Crippen molar-refractivity contribution in [2.45, 2.75) is 18.9 Å². The molecule has 0 saturated carbocycles. The van der Waals surface area contributed by atoms with Crippen LogP contribution in [0.2, 0.25) is 0 Å². The second kappa shape index (κ2) is 6.54. The summed E-state index contributed by atoms with van der Waals surface area (Å²) >= 11 is 0. The number of fused-ring (bicyclic) bond motifs is 4. The predicted molar refractivity (Wildman–Crippen MR) is 84.7 cm³/mol. The van der Waals surface area contributed by atoms with Crippen LogP contribution in [-0.4, -0.2) is 66.0 Å². The molecular formula is C16H22N4O3. The molecule has 0 aliphatic carbocycles. The minimum absolute atomic E-state index is 0.0690. The number of aromatic nitrogens is 1. The Morgan fingerprint density at radius 2 is 2.26 bits per heavy atom. The van der Waals surface area contributed by atoms with Gasteiger partial charge in [-0.2, -0.15) is 0 Å². The molecule has 4 heterocycles. The van der Waals surface area contributed by atoms with Crippen molar-refractivity contribution >= 4 is 17.6 Å². The van der Waals surface area contributed by atoms with E-state index in [1.54, 1.807) is 24.1 Å². The number of methoxy groups -OCH3 is 1. The average Bonchev–Trinajstić information content (AvgIpc) is 2.83. The van der Waals surface area contributed by atoms with Gasteiger partial charge in [0.1, 0.15) is 5.82 Å². The number of nitrogens with zero attached hydrogens (tertiary/aromatic N) is 3. The van der Waals surface area contributed by atoms with Gasteiger partial charge >= 0.3 is 0 Å². The molecule has 3 aliphatic heterocycles. The molecule has 1 aromatic rings. The van der Waals surface area contributed by atoms with Crippen LogP contribution in [0, 0.1) is 5.92 Å². The van der Waals surface area contributed by atoms with Crippen LogP contribution in [-0.2, 0) is 9.53 Å². The summed E-state index contributed by atoms with van der Waals surface area (Å²) in [5, 5.41) is 0. The molecular weight excluding hydrogens is 296 g/mol. The summed E-state index contributed by atoms with van der Waals surface area (Å²) in [6, 6.07) is 3.31. The van der Waals surface area contributed by atoms with Gasteiger partial charge in [-0.25, -0.2) is 4.98 Å². The van der Waals surface area contributed by atoms with Gasteiger partial charge in [-0.1, -0.05) is 0 Å². The van der Waals surface area contributed by atoms with Crippen molar-refractivity contribution in [3.8, 4) is 0 Å². The SMILES string of the molecule is COCCN1C(=O)[C@@H]2CC[C@H]1CN(C(=O)c1ccnc(N)c1)C2. The van der Waals surface area contributed by atoms with Crippen molar-refractivity contribution < 1.29 is 14.3 Å². The Bertz CT molecular complexity index is 607. The molecule has 23 heavy (non-hydrogen) atoms. The number of carbonyl (C=O) groups is 2. The molecule has 7 nitrogen and oxygen atoms in total. The monoisotopic (exact) mass is 318 g/mol. The number of amides is 2. The fourth-order valence-corrected chi connectivity index (χ4v) is 3.45. The van der Waals surface area contributed by atoms with Crippen LogP contribution in [0.1, 0.15) is 23.2 Å². The van der Waals surface area contributed by atoms with E-state index in [4.69, 9.17) is 10.5 Å². The zero-order valence-electron chi connectivity index (χ0n) is 13.3. The summed E-state index contributed by atoms with van der Waals surface area (Å²) in [4.78, 5) is 32.9. The van der Waals surface area contributed by atoms with Crippen LogP contribution in [0.4, 0.5) is 5.82 Å². The Morgan fingerprint density at radius 3 is 3.00 bits per heavy atom. The average molecular weight is 318 g/mol. The number of nitrogens with two attached hydrogens (primary N) is 1. The molecule has 0 unspecified atom stereocenters. The van der Waals surface area contributed by atoms with E-state index in [9.17, 15) is 9.59 Å². The van der Waals surface area contributed by atoms with E-state index in [2.05, 4.69) is 4.98 Å². The number of ether oxygens (including phenoxy) is 1. The van der Waals surface area contributed by atoms with Gasteiger partial charge in [0.25, 0.3) is 5.91 Å². The smallest absolute Gasteiger partial charge is 0.254 e. The number of carbonyl (C=O) groups excluding carboxylic acids is 2. The molecule has 3 saturated heterocycles. The molecule has 0 aromatic carbocycles. The quantitative estimate of drug-likeness (QED) is 0.866. The number of hydrogen-bond acceptors (Lipinski definition) is 5. The molecule has 124 valence electrons. The molecule has 2 amide bonds. The largest absolute Gasteiger partial charge is 0.384 e. The van der Waals surface area contributed by atoms with E-state index in [-0.39, 0.29) is 23.8 Å². The number of anilines is 1. The summed E-state index contributed by atoms with van der Waals surface area (Å²) in [6.07, 6.45) is 3.31. The topological polar surface area (TPSA) is 88.8 Å². The minimum Gasteiger partial charge on any atom is -0.384 e. The Kier molecular flexibility index (Phi) is 4.47. The Hall–Kier alpha value is -2.15. The lowest BCUT2D eigenvalue weighted by Crippen LogP contribution is -2.49. The Morgan fingerprint density at radius 1 is 1.43 bits per heavy atom. The first-order valence-electron chi connectivity index (χ1n) is 7.90. The van der Waals surface area contributed by atoms with E-state index < -0.39 is 0 Å². The summed E-state index contributed by atoms with van der Waals surface area (Å²) in [7, 11) is 1.63. The standard InChI is InChI=1S/C16H22N4O3/c1-23-7-6-20-13-3-2-12(16(20)22)9-19(10-13)15(21)11-4-5-18-14(17)8-11/h4-5,8,12-13H,2-3,6-7,9-10H2,1H3,(H2,17,18)/t12-,13+/m1/s1. The van der Waals surface area contributed by atoms with Gasteiger partial charge in [-0.15, -0.1) is 0 Å². The highest BCUT2D eigenvalue weighted by Crippen LogP contribution is 2.29. The summed E-state index contributed by atoms with van der Waals surface area (Å²) in [5.74, 6) is 0.264. The van der Waals surface area contributed by atoms with Crippen molar-refractivity contribution in [3.05, 3.63) is 23.9 Å². The number of rotatable bonds is 4. The van der Waals surface area contributed by atoms with Crippen LogP contribution in [0.5, 0.6) is 0 Å². The van der Waals surface area contributed by atoms with E-state index in [1.807, 2.05) is 4.90 Å². The molecule has 0 spiro atoms. The lowest BCUT2D eigenvalue weighted by atomic mass is 9.94. The van der Waals surface area contributed by atoms with Crippen LogP contribution < -0.4 is 5.73 Å². The van der Waals surface area contributed by atoms with Gasteiger partial charge in [-0.05, 0) is 25.0 Å². The van der Waals surface area contributed by atoms with Crippen molar-refractivity contribution in [2.75, 3.05) is 39.1 Å². The van der Waals surface area contributed by atoms with Gasteiger partial charge < -0.3 is 20.3 Å². The van der Waals surface area contributed by atoms with Gasteiger partial charge in [0.2, 0.25) is 5.91 Å². The molecule has 1 aromatic heterocycles. The molecule has 2 atom stereocenters. The maximum absolute atomic E-state index is 12.7. The maximum Gasteiger partial charge on any atom is 0.254 e. The number of hydrogen-bond donors (Lipinski definition) is 1. The van der Waals surface area contributed by atoms with Gasteiger partial charge in [0, 0.05) is 44.5 Å². The van der Waals surface area contributed by atoms with Crippen molar-refractivity contribution in [3.63, 3.8) is 0 Å². The molecule has 7 heteroatoms. The molecule has 3 fully saturated rings. The molecule has 2 bridgehead atoms. The van der Waals surface area contributed by atoms with Crippen molar-refractivity contribution in [2.24, 2.45) is 5.92 Å². The second-order valence-electron chi connectivity index (χ2n) is 6.13. The maximum atomic E-state index is 12.7. The fourth-order valence-electron chi connectivity index (χ4n) is 3.45. The van der Waals surface area contributed by atoms with Crippen molar-refractivity contribution in [1.29, 1.82) is 0 Å². The van der Waals surface area contributed by atoms with Crippen LogP contribution >= 0.6 is 0 Å². The first-order valence-corrected chi connectivity index (χ1v) is 7.90. The highest BCUT2D eigenvalue weighted by molar-refractivity contribution is 5.95. The molecule has 4 rings (SSSR count). The van der Waals surface area contributed by atoms with E-state index >= 15 is 0 Å². The molecule has 3 aliphatic rings. The minimum atomic E-state index is -0.117. The Labute approximate surface area is 135 Å². The summed E-state index contributed by atoms with van der Waals surface area (Å²) in [6.45, 7) is 2.14. The third-order valence-electron chi connectivity index (χ3n) is 4.64. The fraction of sp³-hybridized carbons (Fsp3) is 0.562. The lowest BCUT2D eigenvalue weighted by Gasteiger charge is -2.35. The molecule has 2 N–H and O–H groups in total. The first kappa shape index (κ1) is 15.7. The Balaban J connectivity index is 1.78. The van der Waals surface area contributed by atoms with Crippen molar-refractivity contribution in [1.82, 2.24) is 14.8 Å². The number of nitrogen functional groups attached to an aromatic ring is 1. The summed E-state index contributed by atoms with van der Waals surface area (Å²) < 4.78 is 5.10. The second-order valence-corrected chi connectivity index (χ2v) is 6.13. The van der Waals surface area contributed by atoms with Gasteiger partial charge in [0.15, 0.2) is 0 Å². The lowest BCUT2D eigenvalue weighted by molar-refractivity contribution is -0.140. The zero-order chi connectivity index (χ0) is 16.4. The highest BCUT2D eigenvalue weighted by Gasteiger charge is 2.41. The van der Waals surface area contributed by atoms with E-state index in [0.717, 1.165) is 12.8 Å². The molecule has 0 radical (unpaired) electrons. The third kappa shape index (κ3) is 3.14. The normalized spacial score (nSPS) is 24.0. The highest BCUT2D eigenvalue weighted by atomic mass is 16.5. The van der Waals surface area contributed by atoms with Gasteiger partial charge in [0.05, 0.1) is 12.5 Å². The van der Waals surface area contributed by atoms with Crippen LogP contribution in [0.25, 0.3) is 0 Å². The van der Waals surface area contributed by atoms with E-state index in [1.165, 1.54) is 6.20 Å². The van der Waals surface area contributed by atoms with Crippen LogP contribution in [0.3, 0.4) is 0 Å². The summed E-state index contributed by atoms with van der Waals surface area (Å²) in [5.41, 5.74) is 6.19. The number of piperidine rings is 1.